The first-order valence-electron chi connectivity index (χ1n) is 5.52. The highest BCUT2D eigenvalue weighted by Gasteiger charge is 2.29. The molecule has 2 heteroatoms. The third-order valence-corrected chi connectivity index (χ3v) is 2.75. The van der Waals surface area contributed by atoms with E-state index in [1.54, 1.807) is 0 Å². The first kappa shape index (κ1) is 12.2. The second-order valence-corrected chi connectivity index (χ2v) is 5.00. The molecular weight excluding hydrogens is 186 g/mol. The molecule has 0 saturated heterocycles. The minimum absolute atomic E-state index is 0.335. The van der Waals surface area contributed by atoms with Gasteiger partial charge >= 0.3 is 0 Å². The van der Waals surface area contributed by atoms with Gasteiger partial charge in [-0.1, -0.05) is 26.0 Å². The van der Waals surface area contributed by atoms with Crippen LogP contribution in [0, 0.1) is 11.3 Å². The summed E-state index contributed by atoms with van der Waals surface area (Å²) in [5.74, 6) is 0.496. The molecule has 84 valence electrons. The molecule has 15 heavy (non-hydrogen) atoms. The van der Waals surface area contributed by atoms with Crippen molar-refractivity contribution in [2.45, 2.75) is 40.2 Å². The topological polar surface area (TPSA) is 32.6 Å². The lowest BCUT2D eigenvalue weighted by Crippen LogP contribution is -2.33. The number of nitrogens with zero attached hydrogens (tertiary/aromatic N) is 1. The normalized spacial score (nSPS) is 27.7. The van der Waals surface area contributed by atoms with Gasteiger partial charge in [-0.25, -0.2) is 0 Å². The molecule has 1 aliphatic rings. The van der Waals surface area contributed by atoms with Crippen molar-refractivity contribution in [3.8, 4) is 0 Å². The zero-order valence-corrected chi connectivity index (χ0v) is 10.1. The molecule has 0 radical (unpaired) electrons. The maximum atomic E-state index is 10.1. The van der Waals surface area contributed by atoms with Gasteiger partial charge in [0.05, 0.1) is 6.10 Å². The Morgan fingerprint density at radius 2 is 2.13 bits per heavy atom. The predicted octanol–water partition coefficient (Wildman–Crippen LogP) is 2.94. The summed E-state index contributed by atoms with van der Waals surface area (Å²) >= 11 is 0. The number of hydrogen-bond donors (Lipinski definition) is 1. The molecule has 1 aliphatic heterocycles. The number of allylic oxidation sites excluding steroid dienone is 2. The Morgan fingerprint density at radius 3 is 2.73 bits per heavy atom. The van der Waals surface area contributed by atoms with Crippen LogP contribution in [0.4, 0.5) is 0 Å². The van der Waals surface area contributed by atoms with Gasteiger partial charge in [-0.15, -0.1) is 0 Å². The number of hydrogen-bond acceptors (Lipinski definition) is 2. The molecule has 2 nitrogen and oxygen atoms in total. The van der Waals surface area contributed by atoms with Crippen molar-refractivity contribution in [2.75, 3.05) is 0 Å². The highest BCUT2D eigenvalue weighted by atomic mass is 16.3. The summed E-state index contributed by atoms with van der Waals surface area (Å²) in [5, 5.41) is 10.1. The van der Waals surface area contributed by atoms with Crippen LogP contribution in [0.15, 0.2) is 28.9 Å². The molecule has 2 atom stereocenters. The van der Waals surface area contributed by atoms with E-state index >= 15 is 0 Å². The fourth-order valence-corrected chi connectivity index (χ4v) is 1.61. The van der Waals surface area contributed by atoms with Gasteiger partial charge in [0.15, 0.2) is 0 Å². The van der Waals surface area contributed by atoms with Crippen LogP contribution in [0.1, 0.15) is 34.1 Å². The Bertz CT molecular complexity index is 302. The molecule has 0 aliphatic carbocycles. The molecule has 0 saturated carbocycles. The van der Waals surface area contributed by atoms with Gasteiger partial charge in [-0.3, -0.25) is 4.99 Å². The Balaban J connectivity index is 2.79. The van der Waals surface area contributed by atoms with E-state index in [0.29, 0.717) is 5.92 Å². The van der Waals surface area contributed by atoms with Gasteiger partial charge in [0.1, 0.15) is 0 Å². The van der Waals surface area contributed by atoms with Gasteiger partial charge in [-0.05, 0) is 31.8 Å². The average Bonchev–Trinajstić information content (AvgIpc) is 2.29. The summed E-state index contributed by atoms with van der Waals surface area (Å²) < 4.78 is 0. The molecule has 1 heterocycles. The van der Waals surface area contributed by atoms with E-state index in [1.807, 2.05) is 38.4 Å². The standard InChI is InChI=1S/C13H21NO/c1-10(2)7-12(15)13(4)6-5-11(3)8-14-9-13/h5-6,8-10,12,15H,7H2,1-4H3. The summed E-state index contributed by atoms with van der Waals surface area (Å²) in [6.45, 7) is 8.27. The van der Waals surface area contributed by atoms with Gasteiger partial charge in [0, 0.05) is 17.8 Å². The Hall–Kier alpha value is -0.890. The van der Waals surface area contributed by atoms with Gasteiger partial charge in [0.25, 0.3) is 0 Å². The summed E-state index contributed by atoms with van der Waals surface area (Å²) in [7, 11) is 0. The van der Waals surface area contributed by atoms with E-state index in [1.165, 1.54) is 0 Å². The Labute approximate surface area is 92.4 Å². The molecule has 2 unspecified atom stereocenters. The second kappa shape index (κ2) is 4.75. The van der Waals surface area contributed by atoms with E-state index in [2.05, 4.69) is 18.8 Å². The van der Waals surface area contributed by atoms with Crippen LogP contribution in [-0.4, -0.2) is 17.4 Å². The molecule has 0 aromatic heterocycles. The molecule has 1 N–H and O–H groups in total. The zero-order valence-electron chi connectivity index (χ0n) is 10.1. The van der Waals surface area contributed by atoms with Gasteiger partial charge in [0.2, 0.25) is 0 Å². The van der Waals surface area contributed by atoms with Crippen LogP contribution in [0.25, 0.3) is 0 Å². The van der Waals surface area contributed by atoms with Crippen molar-refractivity contribution in [2.24, 2.45) is 16.3 Å². The number of rotatable bonds is 3. The van der Waals surface area contributed by atoms with Crippen LogP contribution < -0.4 is 0 Å². The molecule has 0 spiro atoms. The SMILES string of the molecule is CC1=CN=CC(C)(C(O)CC(C)C)C=C1. The fraction of sp³-hybridized carbons (Fsp3) is 0.615. The summed E-state index contributed by atoms with van der Waals surface area (Å²) in [4.78, 5) is 4.22. The molecule has 0 fully saturated rings. The minimum atomic E-state index is -0.364. The lowest BCUT2D eigenvalue weighted by molar-refractivity contribution is 0.0904. The van der Waals surface area contributed by atoms with E-state index in [9.17, 15) is 5.11 Å². The monoisotopic (exact) mass is 207 g/mol. The van der Waals surface area contributed by atoms with Gasteiger partial charge < -0.3 is 5.11 Å². The summed E-state index contributed by atoms with van der Waals surface area (Å²) in [6, 6.07) is 0. The van der Waals surface area contributed by atoms with Crippen LogP contribution in [0.5, 0.6) is 0 Å². The number of aliphatic hydroxyl groups excluding tert-OH is 1. The molecule has 1 rings (SSSR count). The van der Waals surface area contributed by atoms with Crippen LogP contribution in [0.3, 0.4) is 0 Å². The van der Waals surface area contributed by atoms with Crippen molar-refractivity contribution in [3.05, 3.63) is 23.9 Å². The highest BCUT2D eigenvalue weighted by molar-refractivity contribution is 5.70. The predicted molar refractivity (Wildman–Crippen MR) is 65.0 cm³/mol. The molecule has 0 amide bonds. The van der Waals surface area contributed by atoms with E-state index in [4.69, 9.17) is 0 Å². The lowest BCUT2D eigenvalue weighted by Gasteiger charge is -2.28. The van der Waals surface area contributed by atoms with Crippen LogP contribution in [0.2, 0.25) is 0 Å². The van der Waals surface area contributed by atoms with Crippen molar-refractivity contribution >= 4 is 6.21 Å². The summed E-state index contributed by atoms with van der Waals surface area (Å²) in [6.07, 6.45) is 8.17. The van der Waals surface area contributed by atoms with Crippen molar-refractivity contribution in [1.29, 1.82) is 0 Å². The molecule has 0 aromatic rings. The lowest BCUT2D eigenvalue weighted by atomic mass is 9.81. The van der Waals surface area contributed by atoms with Gasteiger partial charge in [-0.2, -0.15) is 0 Å². The van der Waals surface area contributed by atoms with Crippen molar-refractivity contribution in [1.82, 2.24) is 0 Å². The Kier molecular flexibility index (Phi) is 3.86. The Morgan fingerprint density at radius 1 is 1.47 bits per heavy atom. The van der Waals surface area contributed by atoms with E-state index in [-0.39, 0.29) is 11.5 Å². The smallest absolute Gasteiger partial charge is 0.0680 e. The molecule has 0 bridgehead atoms. The molecular formula is C13H21NO. The maximum absolute atomic E-state index is 10.1. The highest BCUT2D eigenvalue weighted by Crippen LogP contribution is 2.28. The van der Waals surface area contributed by atoms with Crippen LogP contribution >= 0.6 is 0 Å². The minimum Gasteiger partial charge on any atom is -0.392 e. The first-order chi connectivity index (χ1) is 6.94. The van der Waals surface area contributed by atoms with Crippen molar-refractivity contribution < 1.29 is 5.11 Å². The maximum Gasteiger partial charge on any atom is 0.0680 e. The van der Waals surface area contributed by atoms with Crippen molar-refractivity contribution in [3.63, 3.8) is 0 Å². The number of aliphatic imine (C=N–C) groups is 1. The molecule has 0 aromatic carbocycles. The van der Waals surface area contributed by atoms with Crippen LogP contribution in [-0.2, 0) is 0 Å². The van der Waals surface area contributed by atoms with E-state index in [0.717, 1.165) is 12.0 Å². The number of aliphatic hydroxyl groups is 1. The first-order valence-corrected chi connectivity index (χ1v) is 5.52. The third kappa shape index (κ3) is 3.31. The summed E-state index contributed by atoms with van der Waals surface area (Å²) in [5.41, 5.74) is 0.783. The zero-order chi connectivity index (χ0) is 11.5. The second-order valence-electron chi connectivity index (χ2n) is 5.00. The fourth-order valence-electron chi connectivity index (χ4n) is 1.61. The van der Waals surface area contributed by atoms with E-state index < -0.39 is 0 Å². The quantitative estimate of drug-likeness (QED) is 0.758. The largest absolute Gasteiger partial charge is 0.392 e. The third-order valence-electron chi connectivity index (χ3n) is 2.75. The average molecular weight is 207 g/mol.